The van der Waals surface area contributed by atoms with Crippen molar-refractivity contribution in [2.75, 3.05) is 18.8 Å². The third-order valence-corrected chi connectivity index (χ3v) is 5.88. The van der Waals surface area contributed by atoms with E-state index >= 15 is 0 Å². The van der Waals surface area contributed by atoms with Crippen LogP contribution in [0.2, 0.25) is 0 Å². The number of amides is 1. The molecule has 1 amide bonds. The SMILES string of the molecule is C[C@@H](NC(=O)CSC(=S)N1CCCC1)c1cccc2ccccc12. The molecule has 1 fully saturated rings. The molecule has 1 aliphatic heterocycles. The Bertz CT molecular complexity index is 736. The average Bonchev–Trinajstić information content (AvgIpc) is 3.14. The van der Waals surface area contributed by atoms with Crippen LogP contribution in [-0.2, 0) is 4.79 Å². The summed E-state index contributed by atoms with van der Waals surface area (Å²) in [7, 11) is 0. The molecular formula is C19H22N2OS2. The molecule has 0 spiro atoms. The number of hydrogen-bond acceptors (Lipinski definition) is 3. The minimum absolute atomic E-state index is 0.0236. The van der Waals surface area contributed by atoms with Gasteiger partial charge in [-0.2, -0.15) is 0 Å². The van der Waals surface area contributed by atoms with Crippen molar-refractivity contribution in [3.63, 3.8) is 0 Å². The van der Waals surface area contributed by atoms with E-state index in [1.54, 1.807) is 0 Å². The summed E-state index contributed by atoms with van der Waals surface area (Å²) in [5.41, 5.74) is 1.15. The third kappa shape index (κ3) is 4.08. The molecule has 2 aromatic carbocycles. The molecule has 126 valence electrons. The first-order chi connectivity index (χ1) is 11.6. The topological polar surface area (TPSA) is 32.3 Å². The van der Waals surface area contributed by atoms with Gasteiger partial charge in [-0.15, -0.1) is 0 Å². The van der Waals surface area contributed by atoms with Crippen LogP contribution in [0.1, 0.15) is 31.4 Å². The van der Waals surface area contributed by atoms with Crippen LogP contribution >= 0.6 is 24.0 Å². The quantitative estimate of drug-likeness (QED) is 0.833. The predicted molar refractivity (Wildman–Crippen MR) is 106 cm³/mol. The summed E-state index contributed by atoms with van der Waals surface area (Å²) < 4.78 is 0.848. The van der Waals surface area contributed by atoms with Crippen LogP contribution in [0.5, 0.6) is 0 Å². The highest BCUT2D eigenvalue weighted by molar-refractivity contribution is 8.23. The summed E-state index contributed by atoms with van der Waals surface area (Å²) in [6, 6.07) is 14.5. The van der Waals surface area contributed by atoms with Gasteiger partial charge < -0.3 is 10.2 Å². The molecule has 1 aliphatic rings. The Kier molecular flexibility index (Phi) is 5.74. The van der Waals surface area contributed by atoms with Crippen molar-refractivity contribution in [2.24, 2.45) is 0 Å². The smallest absolute Gasteiger partial charge is 0.230 e. The fourth-order valence-corrected chi connectivity index (χ4v) is 4.17. The van der Waals surface area contributed by atoms with Gasteiger partial charge in [0.1, 0.15) is 4.32 Å². The van der Waals surface area contributed by atoms with Gasteiger partial charge in [0.15, 0.2) is 0 Å². The molecule has 24 heavy (non-hydrogen) atoms. The number of benzene rings is 2. The van der Waals surface area contributed by atoms with Crippen LogP contribution in [0.25, 0.3) is 10.8 Å². The second kappa shape index (κ2) is 7.99. The van der Waals surface area contributed by atoms with Crippen molar-refractivity contribution in [2.45, 2.75) is 25.8 Å². The summed E-state index contributed by atoms with van der Waals surface area (Å²) >= 11 is 6.88. The van der Waals surface area contributed by atoms with Gasteiger partial charge >= 0.3 is 0 Å². The van der Waals surface area contributed by atoms with E-state index in [0.717, 1.165) is 23.0 Å². The zero-order chi connectivity index (χ0) is 16.9. The van der Waals surface area contributed by atoms with Crippen LogP contribution in [0, 0.1) is 0 Å². The zero-order valence-electron chi connectivity index (χ0n) is 13.8. The largest absolute Gasteiger partial charge is 0.358 e. The first kappa shape index (κ1) is 17.2. The lowest BCUT2D eigenvalue weighted by molar-refractivity contribution is -0.119. The molecule has 0 aliphatic carbocycles. The lowest BCUT2D eigenvalue weighted by atomic mass is 10.00. The van der Waals surface area contributed by atoms with Gasteiger partial charge in [0, 0.05) is 13.1 Å². The number of thiocarbonyl (C=S) groups is 1. The Labute approximate surface area is 152 Å². The molecule has 3 rings (SSSR count). The highest BCUT2D eigenvalue weighted by atomic mass is 32.2. The van der Waals surface area contributed by atoms with E-state index in [9.17, 15) is 4.79 Å². The minimum atomic E-state index is -0.0236. The average molecular weight is 359 g/mol. The number of carbonyl (C=O) groups is 1. The molecule has 0 bridgehead atoms. The first-order valence-corrected chi connectivity index (χ1v) is 9.73. The summed E-state index contributed by atoms with van der Waals surface area (Å²) in [6.07, 6.45) is 2.40. The van der Waals surface area contributed by atoms with Crippen LogP contribution in [0.4, 0.5) is 0 Å². The molecule has 1 saturated heterocycles. The highest BCUT2D eigenvalue weighted by Crippen LogP contribution is 2.24. The number of carbonyl (C=O) groups excluding carboxylic acids is 1. The van der Waals surface area contributed by atoms with Crippen LogP contribution in [-0.4, -0.2) is 34.0 Å². The molecule has 0 saturated carbocycles. The Morgan fingerprint density at radius 3 is 2.71 bits per heavy atom. The summed E-state index contributed by atoms with van der Waals surface area (Å²) in [6.45, 7) is 4.09. The Morgan fingerprint density at radius 2 is 1.92 bits per heavy atom. The predicted octanol–water partition coefficient (Wildman–Crippen LogP) is 4.13. The molecule has 2 aromatic rings. The summed E-state index contributed by atoms with van der Waals surface area (Å²) in [5, 5.41) is 5.48. The number of hydrogen-bond donors (Lipinski definition) is 1. The van der Waals surface area contributed by atoms with Gasteiger partial charge in [0.05, 0.1) is 11.8 Å². The van der Waals surface area contributed by atoms with E-state index < -0.39 is 0 Å². The number of likely N-dealkylation sites (tertiary alicyclic amines) is 1. The van der Waals surface area contributed by atoms with Gasteiger partial charge in [-0.05, 0) is 36.1 Å². The van der Waals surface area contributed by atoms with Crippen LogP contribution in [0.15, 0.2) is 42.5 Å². The van der Waals surface area contributed by atoms with E-state index in [4.69, 9.17) is 12.2 Å². The van der Waals surface area contributed by atoms with E-state index in [1.165, 1.54) is 35.4 Å². The number of nitrogens with zero attached hydrogens (tertiary/aromatic N) is 1. The Morgan fingerprint density at radius 1 is 1.21 bits per heavy atom. The third-order valence-electron chi connectivity index (χ3n) is 4.36. The fourth-order valence-electron chi connectivity index (χ4n) is 3.11. The normalized spacial score (nSPS) is 15.5. The molecule has 3 nitrogen and oxygen atoms in total. The molecule has 0 radical (unpaired) electrons. The van der Waals surface area contributed by atoms with E-state index in [-0.39, 0.29) is 11.9 Å². The van der Waals surface area contributed by atoms with Gasteiger partial charge in [-0.1, -0.05) is 66.4 Å². The van der Waals surface area contributed by atoms with Gasteiger partial charge in [0.25, 0.3) is 0 Å². The fraction of sp³-hybridized carbons (Fsp3) is 0.368. The maximum atomic E-state index is 12.3. The second-order valence-electron chi connectivity index (χ2n) is 6.11. The first-order valence-electron chi connectivity index (χ1n) is 8.34. The van der Waals surface area contributed by atoms with E-state index in [0.29, 0.717) is 5.75 Å². The van der Waals surface area contributed by atoms with Crippen LogP contribution in [0.3, 0.4) is 0 Å². The van der Waals surface area contributed by atoms with Gasteiger partial charge in [-0.3, -0.25) is 4.79 Å². The second-order valence-corrected chi connectivity index (χ2v) is 7.72. The van der Waals surface area contributed by atoms with Gasteiger partial charge in [-0.25, -0.2) is 0 Å². The van der Waals surface area contributed by atoms with E-state index in [1.807, 2.05) is 25.1 Å². The monoisotopic (exact) mass is 358 g/mol. The maximum absolute atomic E-state index is 12.3. The van der Waals surface area contributed by atoms with Crippen molar-refractivity contribution < 1.29 is 4.79 Å². The molecular weight excluding hydrogens is 336 g/mol. The Hall–Kier alpha value is -1.59. The molecule has 0 unspecified atom stereocenters. The molecule has 5 heteroatoms. The van der Waals surface area contributed by atoms with Crippen molar-refractivity contribution in [1.29, 1.82) is 0 Å². The molecule has 1 N–H and O–H groups in total. The van der Waals surface area contributed by atoms with Crippen molar-refractivity contribution in [1.82, 2.24) is 10.2 Å². The number of thioether (sulfide) groups is 1. The number of nitrogens with one attached hydrogen (secondary N) is 1. The summed E-state index contributed by atoms with van der Waals surface area (Å²) in [5.74, 6) is 0.409. The maximum Gasteiger partial charge on any atom is 0.230 e. The highest BCUT2D eigenvalue weighted by Gasteiger charge is 2.17. The van der Waals surface area contributed by atoms with Gasteiger partial charge in [0.2, 0.25) is 5.91 Å². The van der Waals surface area contributed by atoms with Crippen molar-refractivity contribution in [3.05, 3.63) is 48.0 Å². The molecule has 1 atom stereocenters. The lowest BCUT2D eigenvalue weighted by Gasteiger charge is -2.19. The lowest BCUT2D eigenvalue weighted by Crippen LogP contribution is -2.30. The number of fused-ring (bicyclic) bond motifs is 1. The minimum Gasteiger partial charge on any atom is -0.358 e. The zero-order valence-corrected chi connectivity index (χ0v) is 15.5. The van der Waals surface area contributed by atoms with Crippen molar-refractivity contribution in [3.8, 4) is 0 Å². The van der Waals surface area contributed by atoms with Crippen molar-refractivity contribution >= 4 is 45.0 Å². The molecule has 1 heterocycles. The molecule has 0 aromatic heterocycles. The summed E-state index contributed by atoms with van der Waals surface area (Å²) in [4.78, 5) is 14.5. The van der Waals surface area contributed by atoms with E-state index in [2.05, 4.69) is 34.5 Å². The Balaban J connectivity index is 1.58. The van der Waals surface area contributed by atoms with Crippen LogP contribution < -0.4 is 5.32 Å². The number of rotatable bonds is 4. The standard InChI is InChI=1S/C19H22N2OS2/c1-14(16-10-6-8-15-7-2-3-9-17(15)16)20-18(22)13-24-19(23)21-11-4-5-12-21/h2-3,6-10,14H,4-5,11-13H2,1H3,(H,20,22)/t14-/m1/s1.